The lowest BCUT2D eigenvalue weighted by Crippen LogP contribution is -2.50. The maximum absolute atomic E-state index is 12.4. The summed E-state index contributed by atoms with van der Waals surface area (Å²) in [4.78, 5) is 26.2. The number of ether oxygens (including phenoxy) is 1. The molecule has 2 atom stereocenters. The van der Waals surface area contributed by atoms with Crippen molar-refractivity contribution in [1.29, 1.82) is 0 Å². The maximum Gasteiger partial charge on any atom is 0.329 e. The van der Waals surface area contributed by atoms with Crippen LogP contribution in [-0.4, -0.2) is 35.4 Å². The van der Waals surface area contributed by atoms with Crippen LogP contribution in [0, 0.1) is 5.92 Å². The summed E-state index contributed by atoms with van der Waals surface area (Å²) >= 11 is 0. The Balaban J connectivity index is 1.95. The average molecular weight is 304 g/mol. The molecule has 0 bridgehead atoms. The lowest BCUT2D eigenvalue weighted by atomic mass is 10.0. The van der Waals surface area contributed by atoms with Crippen molar-refractivity contribution in [1.82, 2.24) is 4.90 Å². The van der Waals surface area contributed by atoms with Crippen molar-refractivity contribution in [3.63, 3.8) is 0 Å². The van der Waals surface area contributed by atoms with E-state index in [-0.39, 0.29) is 24.4 Å². The van der Waals surface area contributed by atoms with Crippen molar-refractivity contribution in [2.24, 2.45) is 11.7 Å². The van der Waals surface area contributed by atoms with Crippen LogP contribution in [0.5, 0.6) is 0 Å². The third-order valence-electron chi connectivity index (χ3n) is 4.04. The number of nitrogens with zero attached hydrogens (tertiary/aromatic N) is 1. The van der Waals surface area contributed by atoms with E-state index in [0.29, 0.717) is 13.0 Å². The molecule has 22 heavy (non-hydrogen) atoms. The summed E-state index contributed by atoms with van der Waals surface area (Å²) in [5.74, 6) is -0.450. The van der Waals surface area contributed by atoms with E-state index in [1.807, 2.05) is 44.2 Å². The fraction of sp³-hybridized carbons (Fsp3) is 0.529. The normalized spacial score (nSPS) is 19.3. The molecule has 0 radical (unpaired) electrons. The molecular formula is C17H24N2O3. The highest BCUT2D eigenvalue weighted by Crippen LogP contribution is 2.21. The van der Waals surface area contributed by atoms with Crippen LogP contribution in [-0.2, 0) is 20.9 Å². The lowest BCUT2D eigenvalue weighted by Gasteiger charge is -2.27. The molecular weight excluding hydrogens is 280 g/mol. The molecule has 5 nitrogen and oxygen atoms in total. The third-order valence-corrected chi connectivity index (χ3v) is 4.04. The molecule has 0 unspecified atom stereocenters. The van der Waals surface area contributed by atoms with E-state index in [4.69, 9.17) is 10.5 Å². The number of likely N-dealkylation sites (tertiary alicyclic amines) is 1. The van der Waals surface area contributed by atoms with Gasteiger partial charge in [-0.1, -0.05) is 44.2 Å². The Kier molecular flexibility index (Phi) is 5.55. The molecule has 1 aromatic rings. The number of hydrogen-bond donors (Lipinski definition) is 1. The van der Waals surface area contributed by atoms with Gasteiger partial charge in [0, 0.05) is 6.54 Å². The number of esters is 1. The Hall–Kier alpha value is -1.88. The highest BCUT2D eigenvalue weighted by molar-refractivity contribution is 5.88. The first kappa shape index (κ1) is 16.5. The number of carbonyl (C=O) groups excluding carboxylic acids is 2. The van der Waals surface area contributed by atoms with E-state index < -0.39 is 12.1 Å². The average Bonchev–Trinajstić information content (AvgIpc) is 3.01. The van der Waals surface area contributed by atoms with Gasteiger partial charge in [-0.05, 0) is 24.3 Å². The molecule has 5 heteroatoms. The van der Waals surface area contributed by atoms with E-state index in [2.05, 4.69) is 0 Å². The van der Waals surface area contributed by atoms with Crippen LogP contribution >= 0.6 is 0 Å². The summed E-state index contributed by atoms with van der Waals surface area (Å²) in [6.07, 6.45) is 1.45. The minimum atomic E-state index is -0.567. The zero-order valence-corrected chi connectivity index (χ0v) is 13.2. The van der Waals surface area contributed by atoms with Gasteiger partial charge < -0.3 is 15.4 Å². The predicted molar refractivity (Wildman–Crippen MR) is 83.8 cm³/mol. The summed E-state index contributed by atoms with van der Waals surface area (Å²) < 4.78 is 5.36. The quantitative estimate of drug-likeness (QED) is 0.840. The Bertz CT molecular complexity index is 516. The highest BCUT2D eigenvalue weighted by atomic mass is 16.5. The van der Waals surface area contributed by atoms with Gasteiger partial charge >= 0.3 is 5.97 Å². The van der Waals surface area contributed by atoms with Gasteiger partial charge in [-0.25, -0.2) is 4.79 Å². The third kappa shape index (κ3) is 3.85. The Morgan fingerprint density at radius 2 is 2.00 bits per heavy atom. The Morgan fingerprint density at radius 3 is 2.64 bits per heavy atom. The molecule has 1 fully saturated rings. The Morgan fingerprint density at radius 1 is 1.32 bits per heavy atom. The first-order valence-electron chi connectivity index (χ1n) is 7.77. The summed E-state index contributed by atoms with van der Waals surface area (Å²) in [7, 11) is 0. The van der Waals surface area contributed by atoms with E-state index in [9.17, 15) is 9.59 Å². The van der Waals surface area contributed by atoms with Gasteiger partial charge in [0.25, 0.3) is 0 Å². The molecule has 1 amide bonds. The summed E-state index contributed by atoms with van der Waals surface area (Å²) in [6, 6.07) is 8.45. The number of hydrogen-bond acceptors (Lipinski definition) is 4. The second-order valence-corrected chi connectivity index (χ2v) is 6.05. The van der Waals surface area contributed by atoms with Gasteiger partial charge in [-0.2, -0.15) is 0 Å². The highest BCUT2D eigenvalue weighted by Gasteiger charge is 2.37. The second kappa shape index (κ2) is 7.40. The van der Waals surface area contributed by atoms with Crippen molar-refractivity contribution in [3.8, 4) is 0 Å². The van der Waals surface area contributed by atoms with Gasteiger partial charge in [0.2, 0.25) is 5.91 Å². The topological polar surface area (TPSA) is 72.6 Å². The molecule has 2 rings (SSSR count). The zero-order chi connectivity index (χ0) is 16.1. The molecule has 0 aliphatic carbocycles. The van der Waals surface area contributed by atoms with Gasteiger partial charge in [0.05, 0.1) is 6.04 Å². The molecule has 0 aromatic heterocycles. The largest absolute Gasteiger partial charge is 0.459 e. The van der Waals surface area contributed by atoms with E-state index in [1.165, 1.54) is 0 Å². The maximum atomic E-state index is 12.4. The summed E-state index contributed by atoms with van der Waals surface area (Å²) in [6.45, 7) is 4.61. The van der Waals surface area contributed by atoms with E-state index >= 15 is 0 Å². The van der Waals surface area contributed by atoms with Crippen molar-refractivity contribution in [2.45, 2.75) is 45.4 Å². The van der Waals surface area contributed by atoms with Gasteiger partial charge in [0.1, 0.15) is 12.6 Å². The van der Waals surface area contributed by atoms with Gasteiger partial charge in [-0.3, -0.25) is 4.79 Å². The first-order valence-corrected chi connectivity index (χ1v) is 7.77. The minimum absolute atomic E-state index is 0.0501. The van der Waals surface area contributed by atoms with Gasteiger partial charge in [-0.15, -0.1) is 0 Å². The molecule has 1 saturated heterocycles. The summed E-state index contributed by atoms with van der Waals surface area (Å²) in [5.41, 5.74) is 6.86. The number of amides is 1. The molecule has 0 spiro atoms. The fourth-order valence-electron chi connectivity index (χ4n) is 2.58. The van der Waals surface area contributed by atoms with E-state index in [0.717, 1.165) is 12.0 Å². The smallest absolute Gasteiger partial charge is 0.329 e. The van der Waals surface area contributed by atoms with Crippen LogP contribution in [0.15, 0.2) is 30.3 Å². The van der Waals surface area contributed by atoms with Crippen LogP contribution in [0.2, 0.25) is 0 Å². The number of carbonyl (C=O) groups is 2. The van der Waals surface area contributed by atoms with Crippen molar-refractivity contribution < 1.29 is 14.3 Å². The van der Waals surface area contributed by atoms with Crippen molar-refractivity contribution in [2.75, 3.05) is 6.54 Å². The standard InChI is InChI=1S/C17H24N2O3/c1-12(2)15(18)16(20)19-10-6-9-14(19)17(21)22-11-13-7-4-3-5-8-13/h3-5,7-8,12,14-15H,6,9-11,18H2,1-2H3/t14-,15-/m0/s1. The number of benzene rings is 1. The molecule has 1 aliphatic heterocycles. The zero-order valence-electron chi connectivity index (χ0n) is 13.2. The number of nitrogens with two attached hydrogens (primary N) is 1. The fourth-order valence-corrected chi connectivity index (χ4v) is 2.58. The SMILES string of the molecule is CC(C)[C@H](N)C(=O)N1CCC[C@H]1C(=O)OCc1ccccc1. The van der Waals surface area contributed by atoms with Crippen LogP contribution in [0.1, 0.15) is 32.3 Å². The molecule has 1 aromatic carbocycles. The summed E-state index contributed by atoms with van der Waals surface area (Å²) in [5, 5.41) is 0. The van der Waals surface area contributed by atoms with Crippen LogP contribution < -0.4 is 5.73 Å². The van der Waals surface area contributed by atoms with Crippen molar-refractivity contribution >= 4 is 11.9 Å². The lowest BCUT2D eigenvalue weighted by molar-refractivity contribution is -0.155. The van der Waals surface area contributed by atoms with Crippen LogP contribution in [0.25, 0.3) is 0 Å². The molecule has 1 aliphatic rings. The van der Waals surface area contributed by atoms with Crippen LogP contribution in [0.4, 0.5) is 0 Å². The monoisotopic (exact) mass is 304 g/mol. The molecule has 0 saturated carbocycles. The Labute approximate surface area is 131 Å². The molecule has 120 valence electrons. The van der Waals surface area contributed by atoms with Gasteiger partial charge in [0.15, 0.2) is 0 Å². The minimum Gasteiger partial charge on any atom is -0.459 e. The number of rotatable bonds is 5. The molecule has 2 N–H and O–H groups in total. The van der Waals surface area contributed by atoms with Crippen LogP contribution in [0.3, 0.4) is 0 Å². The first-order chi connectivity index (χ1) is 10.5. The van der Waals surface area contributed by atoms with Crippen molar-refractivity contribution in [3.05, 3.63) is 35.9 Å². The van der Waals surface area contributed by atoms with E-state index in [1.54, 1.807) is 4.90 Å². The molecule has 1 heterocycles. The predicted octanol–water partition coefficient (Wildman–Crippen LogP) is 1.70. The second-order valence-electron chi connectivity index (χ2n) is 6.05.